The van der Waals surface area contributed by atoms with Crippen LogP contribution in [0.15, 0.2) is 76.4 Å². The number of carbonyl (C=O) groups is 2. The van der Waals surface area contributed by atoms with Crippen LogP contribution in [-0.2, 0) is 0 Å². The molecule has 2 N–H and O–H groups in total. The van der Waals surface area contributed by atoms with Crippen LogP contribution in [0.5, 0.6) is 0 Å². The molecule has 6 heteroatoms. The Morgan fingerprint density at radius 2 is 1.65 bits per heavy atom. The van der Waals surface area contributed by atoms with Crippen molar-refractivity contribution >= 4 is 23.7 Å². The Morgan fingerprint density at radius 1 is 0.923 bits per heavy atom. The van der Waals surface area contributed by atoms with Crippen molar-refractivity contribution in [2.24, 2.45) is 5.10 Å². The molecule has 0 aliphatic rings. The summed E-state index contributed by atoms with van der Waals surface area (Å²) >= 11 is 0. The minimum Gasteiger partial charge on any atom is -0.463 e. The Balaban J connectivity index is 1.74. The summed E-state index contributed by atoms with van der Waals surface area (Å²) in [5.74, 6) is -0.192. The molecule has 26 heavy (non-hydrogen) atoms. The summed E-state index contributed by atoms with van der Waals surface area (Å²) < 4.78 is 5.10. The SMILES string of the molecule is Cc1ccccc1C(=O)Nc1ccccc1C(=O)N/N=C/c1ccco1. The molecule has 0 spiro atoms. The lowest BCUT2D eigenvalue weighted by molar-refractivity contribution is 0.0956. The Morgan fingerprint density at radius 3 is 2.38 bits per heavy atom. The topological polar surface area (TPSA) is 83.7 Å². The zero-order chi connectivity index (χ0) is 18.4. The second kappa shape index (κ2) is 7.94. The Labute approximate surface area is 150 Å². The molecule has 0 bridgehead atoms. The summed E-state index contributed by atoms with van der Waals surface area (Å²) in [5.41, 5.74) is 4.55. The van der Waals surface area contributed by atoms with Crippen molar-refractivity contribution in [1.82, 2.24) is 5.43 Å². The lowest BCUT2D eigenvalue weighted by Crippen LogP contribution is -2.21. The number of benzene rings is 2. The standard InChI is InChI=1S/C20H17N3O3/c1-14-7-2-3-9-16(14)19(24)22-18-11-5-4-10-17(18)20(25)23-21-13-15-8-6-12-26-15/h2-13H,1H3,(H,22,24)(H,23,25)/b21-13+. The summed E-state index contributed by atoms with van der Waals surface area (Å²) in [6, 6.07) is 17.4. The Hall–Kier alpha value is -3.67. The number of hydrazone groups is 1. The van der Waals surface area contributed by atoms with Gasteiger partial charge in [0.05, 0.1) is 23.7 Å². The van der Waals surface area contributed by atoms with Crippen molar-refractivity contribution in [1.29, 1.82) is 0 Å². The molecule has 0 unspecified atom stereocenters. The number of carbonyl (C=O) groups excluding carboxylic acids is 2. The average Bonchev–Trinajstić information content (AvgIpc) is 3.16. The van der Waals surface area contributed by atoms with Gasteiger partial charge in [-0.2, -0.15) is 5.10 Å². The van der Waals surface area contributed by atoms with Gasteiger partial charge in [-0.1, -0.05) is 30.3 Å². The van der Waals surface area contributed by atoms with E-state index in [1.807, 2.05) is 19.1 Å². The van der Waals surface area contributed by atoms with Gasteiger partial charge in [0.1, 0.15) is 5.76 Å². The van der Waals surface area contributed by atoms with E-state index in [1.165, 1.54) is 12.5 Å². The van der Waals surface area contributed by atoms with E-state index in [2.05, 4.69) is 15.8 Å². The molecule has 2 amide bonds. The van der Waals surface area contributed by atoms with Crippen molar-refractivity contribution in [3.05, 3.63) is 89.4 Å². The van der Waals surface area contributed by atoms with Gasteiger partial charge in [0, 0.05) is 5.56 Å². The fourth-order valence-electron chi connectivity index (χ4n) is 2.39. The van der Waals surface area contributed by atoms with E-state index in [-0.39, 0.29) is 5.91 Å². The Kier molecular flexibility index (Phi) is 5.24. The highest BCUT2D eigenvalue weighted by Crippen LogP contribution is 2.17. The van der Waals surface area contributed by atoms with E-state index in [9.17, 15) is 9.59 Å². The molecule has 0 fully saturated rings. The van der Waals surface area contributed by atoms with Gasteiger partial charge in [-0.25, -0.2) is 5.43 Å². The van der Waals surface area contributed by atoms with Gasteiger partial charge in [0.25, 0.3) is 11.8 Å². The molecule has 0 saturated carbocycles. The predicted molar refractivity (Wildman–Crippen MR) is 99.3 cm³/mol. The van der Waals surface area contributed by atoms with Crippen LogP contribution in [0.1, 0.15) is 32.0 Å². The fourth-order valence-corrected chi connectivity index (χ4v) is 2.39. The maximum absolute atomic E-state index is 12.5. The van der Waals surface area contributed by atoms with E-state index in [0.717, 1.165) is 5.56 Å². The highest BCUT2D eigenvalue weighted by atomic mass is 16.3. The third kappa shape index (κ3) is 4.05. The molecule has 130 valence electrons. The van der Waals surface area contributed by atoms with Crippen molar-refractivity contribution in [3.8, 4) is 0 Å². The zero-order valence-electron chi connectivity index (χ0n) is 14.1. The molecule has 0 saturated heterocycles. The molecular formula is C20H17N3O3. The van der Waals surface area contributed by atoms with Gasteiger partial charge in [-0.05, 0) is 42.8 Å². The largest absolute Gasteiger partial charge is 0.463 e. The highest BCUT2D eigenvalue weighted by Gasteiger charge is 2.14. The van der Waals surface area contributed by atoms with Crippen molar-refractivity contribution in [2.45, 2.75) is 6.92 Å². The van der Waals surface area contributed by atoms with E-state index >= 15 is 0 Å². The number of nitrogens with zero attached hydrogens (tertiary/aromatic N) is 1. The van der Waals surface area contributed by atoms with Crippen LogP contribution in [0, 0.1) is 6.92 Å². The van der Waals surface area contributed by atoms with Crippen LogP contribution in [-0.4, -0.2) is 18.0 Å². The summed E-state index contributed by atoms with van der Waals surface area (Å²) in [5, 5.41) is 6.63. The number of aryl methyl sites for hydroxylation is 1. The number of furan rings is 1. The third-order valence-electron chi connectivity index (χ3n) is 3.71. The van der Waals surface area contributed by atoms with Crippen LogP contribution < -0.4 is 10.7 Å². The monoisotopic (exact) mass is 347 g/mol. The Bertz CT molecular complexity index is 946. The van der Waals surface area contributed by atoms with Crippen LogP contribution in [0.3, 0.4) is 0 Å². The normalized spacial score (nSPS) is 10.7. The number of hydrogen-bond donors (Lipinski definition) is 2. The predicted octanol–water partition coefficient (Wildman–Crippen LogP) is 3.60. The van der Waals surface area contributed by atoms with Gasteiger partial charge in [-0.3, -0.25) is 9.59 Å². The third-order valence-corrected chi connectivity index (χ3v) is 3.71. The van der Waals surface area contributed by atoms with Crippen LogP contribution in [0.2, 0.25) is 0 Å². The van der Waals surface area contributed by atoms with E-state index in [0.29, 0.717) is 22.6 Å². The summed E-state index contributed by atoms with van der Waals surface area (Å²) in [4.78, 5) is 24.9. The summed E-state index contributed by atoms with van der Waals surface area (Å²) in [6.07, 6.45) is 2.91. The molecule has 6 nitrogen and oxygen atoms in total. The smallest absolute Gasteiger partial charge is 0.273 e. The molecule has 3 rings (SSSR count). The lowest BCUT2D eigenvalue weighted by Gasteiger charge is -2.11. The van der Waals surface area contributed by atoms with Gasteiger partial charge >= 0.3 is 0 Å². The first-order chi connectivity index (χ1) is 12.6. The van der Waals surface area contributed by atoms with Crippen LogP contribution >= 0.6 is 0 Å². The summed E-state index contributed by atoms with van der Waals surface area (Å²) in [7, 11) is 0. The number of rotatable bonds is 5. The number of amides is 2. The van der Waals surface area contributed by atoms with Crippen molar-refractivity contribution in [3.63, 3.8) is 0 Å². The molecule has 2 aromatic carbocycles. The van der Waals surface area contributed by atoms with E-state index < -0.39 is 5.91 Å². The first-order valence-corrected chi connectivity index (χ1v) is 7.98. The first kappa shape index (κ1) is 17.2. The molecule has 1 heterocycles. The van der Waals surface area contributed by atoms with Crippen LogP contribution in [0.4, 0.5) is 5.69 Å². The zero-order valence-corrected chi connectivity index (χ0v) is 14.1. The van der Waals surface area contributed by atoms with Gasteiger partial charge in [0.2, 0.25) is 0 Å². The average molecular weight is 347 g/mol. The molecular weight excluding hydrogens is 330 g/mol. The molecule has 0 aliphatic carbocycles. The molecule has 0 atom stereocenters. The maximum Gasteiger partial charge on any atom is 0.273 e. The molecule has 0 aliphatic heterocycles. The lowest BCUT2D eigenvalue weighted by atomic mass is 10.1. The van der Waals surface area contributed by atoms with E-state index in [1.54, 1.807) is 48.5 Å². The number of anilines is 1. The van der Waals surface area contributed by atoms with Gasteiger partial charge in [0.15, 0.2) is 0 Å². The quantitative estimate of drug-likeness (QED) is 0.546. The second-order valence-electron chi connectivity index (χ2n) is 5.53. The van der Waals surface area contributed by atoms with Crippen molar-refractivity contribution in [2.75, 3.05) is 5.32 Å². The van der Waals surface area contributed by atoms with Crippen molar-refractivity contribution < 1.29 is 14.0 Å². The first-order valence-electron chi connectivity index (χ1n) is 7.98. The van der Waals surface area contributed by atoms with E-state index in [4.69, 9.17) is 4.42 Å². The fraction of sp³-hybridized carbons (Fsp3) is 0.0500. The van der Waals surface area contributed by atoms with Crippen LogP contribution in [0.25, 0.3) is 0 Å². The minimum absolute atomic E-state index is 0.276. The number of para-hydroxylation sites is 1. The maximum atomic E-state index is 12.5. The highest BCUT2D eigenvalue weighted by molar-refractivity contribution is 6.09. The summed E-state index contributed by atoms with van der Waals surface area (Å²) in [6.45, 7) is 1.86. The second-order valence-corrected chi connectivity index (χ2v) is 5.53. The van der Waals surface area contributed by atoms with Gasteiger partial charge in [-0.15, -0.1) is 0 Å². The molecule has 3 aromatic rings. The molecule has 0 radical (unpaired) electrons. The number of nitrogens with one attached hydrogen (secondary N) is 2. The number of hydrogen-bond acceptors (Lipinski definition) is 4. The molecule has 1 aromatic heterocycles. The minimum atomic E-state index is -0.437. The van der Waals surface area contributed by atoms with Gasteiger partial charge < -0.3 is 9.73 Å².